The lowest BCUT2D eigenvalue weighted by atomic mass is 9.98. The van der Waals surface area contributed by atoms with Crippen molar-refractivity contribution in [2.75, 3.05) is 18.6 Å². The van der Waals surface area contributed by atoms with Crippen molar-refractivity contribution in [1.29, 1.82) is 0 Å². The van der Waals surface area contributed by atoms with E-state index in [-0.39, 0.29) is 12.3 Å². The van der Waals surface area contributed by atoms with Gasteiger partial charge in [0.25, 0.3) is 0 Å². The molecule has 12 nitrogen and oxygen atoms in total. The van der Waals surface area contributed by atoms with E-state index in [2.05, 4.69) is 16.0 Å². The van der Waals surface area contributed by atoms with E-state index in [1.54, 1.807) is 20.1 Å². The summed E-state index contributed by atoms with van der Waals surface area (Å²) >= 11 is 1.42. The van der Waals surface area contributed by atoms with Gasteiger partial charge in [0.1, 0.15) is 18.1 Å². The maximum atomic E-state index is 12.7. The fourth-order valence-corrected chi connectivity index (χ4v) is 2.97. The molecule has 0 rings (SSSR count). The highest BCUT2D eigenvalue weighted by molar-refractivity contribution is 7.98. The summed E-state index contributed by atoms with van der Waals surface area (Å²) in [5.74, 6) is -4.28. The highest BCUT2D eigenvalue weighted by Crippen LogP contribution is 2.09. The van der Waals surface area contributed by atoms with E-state index in [4.69, 9.17) is 11.5 Å². The van der Waals surface area contributed by atoms with Gasteiger partial charge in [-0.05, 0) is 24.3 Å². The number of aliphatic carboxylic acids is 1. The number of amides is 4. The van der Waals surface area contributed by atoms with Gasteiger partial charge in [-0.2, -0.15) is 11.8 Å². The summed E-state index contributed by atoms with van der Waals surface area (Å²) in [4.78, 5) is 59.5. The molecule has 0 spiro atoms. The zero-order valence-electron chi connectivity index (χ0n) is 17.9. The molecule has 0 fully saturated rings. The average Bonchev–Trinajstić information content (AvgIpc) is 2.71. The van der Waals surface area contributed by atoms with Crippen molar-refractivity contribution < 1.29 is 34.2 Å². The Labute approximate surface area is 185 Å². The van der Waals surface area contributed by atoms with Gasteiger partial charge < -0.3 is 37.6 Å². The van der Waals surface area contributed by atoms with E-state index in [1.807, 2.05) is 0 Å². The Morgan fingerprint density at radius 1 is 1.00 bits per heavy atom. The van der Waals surface area contributed by atoms with Gasteiger partial charge in [-0.1, -0.05) is 20.3 Å². The second-order valence-electron chi connectivity index (χ2n) is 7.07. The van der Waals surface area contributed by atoms with Crippen LogP contribution in [-0.4, -0.2) is 82.6 Å². The second-order valence-corrected chi connectivity index (χ2v) is 8.06. The molecule has 0 bridgehead atoms. The Morgan fingerprint density at radius 2 is 1.55 bits per heavy atom. The van der Waals surface area contributed by atoms with Crippen molar-refractivity contribution in [3.63, 3.8) is 0 Å². The summed E-state index contributed by atoms with van der Waals surface area (Å²) < 4.78 is 0. The minimum Gasteiger partial charge on any atom is -0.480 e. The molecule has 0 aliphatic heterocycles. The number of aliphatic hydroxyl groups is 1. The lowest BCUT2D eigenvalue weighted by Gasteiger charge is -2.26. The third-order valence-corrected chi connectivity index (χ3v) is 5.24. The summed E-state index contributed by atoms with van der Waals surface area (Å²) in [7, 11) is 0. The quantitative estimate of drug-likeness (QED) is 0.137. The first-order chi connectivity index (χ1) is 14.5. The maximum absolute atomic E-state index is 12.7. The lowest BCUT2D eigenvalue weighted by Crippen LogP contribution is -2.58. The van der Waals surface area contributed by atoms with E-state index in [0.717, 1.165) is 0 Å². The van der Waals surface area contributed by atoms with Crippen LogP contribution < -0.4 is 27.4 Å². The Bertz CT molecular complexity index is 649. The molecule has 5 unspecified atom stereocenters. The van der Waals surface area contributed by atoms with Crippen LogP contribution in [0.4, 0.5) is 0 Å². The van der Waals surface area contributed by atoms with E-state index in [9.17, 15) is 34.2 Å². The van der Waals surface area contributed by atoms with E-state index < -0.39 is 66.8 Å². The van der Waals surface area contributed by atoms with Gasteiger partial charge in [0, 0.05) is 0 Å². The number of aliphatic hydroxyl groups excluding tert-OH is 1. The molecular formula is C18H33N5O7S. The molecule has 0 saturated carbocycles. The van der Waals surface area contributed by atoms with Crippen molar-refractivity contribution in [1.82, 2.24) is 16.0 Å². The number of carbonyl (C=O) groups is 5. The van der Waals surface area contributed by atoms with Crippen molar-refractivity contribution >= 4 is 41.4 Å². The lowest BCUT2D eigenvalue weighted by molar-refractivity contribution is -0.143. The number of hydrogen-bond donors (Lipinski definition) is 7. The number of nitrogens with two attached hydrogens (primary N) is 2. The first kappa shape index (κ1) is 28.6. The monoisotopic (exact) mass is 463 g/mol. The number of carbonyl (C=O) groups excluding carboxylic acids is 4. The smallest absolute Gasteiger partial charge is 0.326 e. The largest absolute Gasteiger partial charge is 0.480 e. The zero-order chi connectivity index (χ0) is 24.1. The molecule has 178 valence electrons. The molecule has 4 amide bonds. The number of hydrogen-bond acceptors (Lipinski definition) is 8. The fourth-order valence-electron chi connectivity index (χ4n) is 2.50. The van der Waals surface area contributed by atoms with Gasteiger partial charge in [0.2, 0.25) is 23.6 Å². The van der Waals surface area contributed by atoms with E-state index in [1.165, 1.54) is 11.8 Å². The molecule has 0 saturated heterocycles. The summed E-state index contributed by atoms with van der Waals surface area (Å²) in [6.45, 7) is 2.68. The maximum Gasteiger partial charge on any atom is 0.326 e. The molecule has 13 heteroatoms. The van der Waals surface area contributed by atoms with Crippen LogP contribution in [0.1, 0.15) is 33.1 Å². The molecule has 0 aliphatic rings. The molecule has 0 aromatic rings. The Hall–Kier alpha value is -2.38. The molecular weight excluding hydrogens is 430 g/mol. The number of rotatable bonds is 15. The van der Waals surface area contributed by atoms with Gasteiger partial charge in [-0.3, -0.25) is 19.2 Å². The standard InChI is InChI=1S/C18H33N5O7S/c1-4-9(2)14(18(29)30)23-16(27)11(5-6-31-3)21-17(28)12(8-24)22-15(26)10(19)7-13(20)25/h9-12,14,24H,4-8,19H2,1-3H3,(H2,20,25)(H,21,28)(H,22,26)(H,23,27)(H,29,30). The van der Waals surface area contributed by atoms with Crippen LogP contribution in [0, 0.1) is 5.92 Å². The molecule has 0 radical (unpaired) electrons. The SMILES string of the molecule is CCC(C)C(NC(=O)C(CCSC)NC(=O)C(CO)NC(=O)C(N)CC(N)=O)C(=O)O. The highest BCUT2D eigenvalue weighted by Gasteiger charge is 2.31. The van der Waals surface area contributed by atoms with Gasteiger partial charge in [0.05, 0.1) is 19.1 Å². The Morgan fingerprint density at radius 3 is 2.00 bits per heavy atom. The Kier molecular flexibility index (Phi) is 13.5. The summed E-state index contributed by atoms with van der Waals surface area (Å²) in [6.07, 6.45) is 2.06. The molecule has 31 heavy (non-hydrogen) atoms. The second kappa shape index (κ2) is 14.6. The van der Waals surface area contributed by atoms with Crippen molar-refractivity contribution in [2.45, 2.75) is 57.3 Å². The van der Waals surface area contributed by atoms with E-state index in [0.29, 0.717) is 12.2 Å². The highest BCUT2D eigenvalue weighted by atomic mass is 32.2. The van der Waals surface area contributed by atoms with Crippen molar-refractivity contribution in [3.05, 3.63) is 0 Å². The number of thioether (sulfide) groups is 1. The van der Waals surface area contributed by atoms with Gasteiger partial charge in [0.15, 0.2) is 0 Å². The van der Waals surface area contributed by atoms with Crippen molar-refractivity contribution in [2.24, 2.45) is 17.4 Å². The van der Waals surface area contributed by atoms with Gasteiger partial charge in [-0.25, -0.2) is 4.79 Å². The van der Waals surface area contributed by atoms with Crippen molar-refractivity contribution in [3.8, 4) is 0 Å². The predicted octanol–water partition coefficient (Wildman–Crippen LogP) is -2.48. The normalized spacial score (nSPS) is 15.6. The average molecular weight is 464 g/mol. The summed E-state index contributed by atoms with van der Waals surface area (Å²) in [6, 6.07) is -4.95. The van der Waals surface area contributed by atoms with Crippen LogP contribution in [0.25, 0.3) is 0 Å². The van der Waals surface area contributed by atoms with Crippen LogP contribution in [0.5, 0.6) is 0 Å². The molecule has 0 aliphatic carbocycles. The molecule has 0 aromatic heterocycles. The molecule has 5 atom stereocenters. The fraction of sp³-hybridized carbons (Fsp3) is 0.722. The van der Waals surface area contributed by atoms with E-state index >= 15 is 0 Å². The molecule has 0 heterocycles. The van der Waals surface area contributed by atoms with Crippen LogP contribution >= 0.6 is 11.8 Å². The molecule has 9 N–H and O–H groups in total. The first-order valence-electron chi connectivity index (χ1n) is 9.75. The topological polar surface area (TPSA) is 214 Å². The predicted molar refractivity (Wildman–Crippen MR) is 115 cm³/mol. The van der Waals surface area contributed by atoms with Crippen LogP contribution in [0.2, 0.25) is 0 Å². The van der Waals surface area contributed by atoms with Gasteiger partial charge in [-0.15, -0.1) is 0 Å². The Balaban J connectivity index is 5.27. The minimum absolute atomic E-state index is 0.193. The van der Waals surface area contributed by atoms with Crippen LogP contribution in [-0.2, 0) is 24.0 Å². The summed E-state index contributed by atoms with van der Waals surface area (Å²) in [5, 5.41) is 25.9. The third kappa shape index (κ3) is 10.5. The first-order valence-corrected chi connectivity index (χ1v) is 11.1. The van der Waals surface area contributed by atoms with Gasteiger partial charge >= 0.3 is 5.97 Å². The van der Waals surface area contributed by atoms with Crippen LogP contribution in [0.3, 0.4) is 0 Å². The van der Waals surface area contributed by atoms with Crippen LogP contribution in [0.15, 0.2) is 0 Å². The summed E-state index contributed by atoms with van der Waals surface area (Å²) in [5.41, 5.74) is 10.5. The number of nitrogens with one attached hydrogen (secondary N) is 3. The zero-order valence-corrected chi connectivity index (χ0v) is 18.7. The minimum atomic E-state index is -1.43. The third-order valence-electron chi connectivity index (χ3n) is 4.59. The number of primary amides is 1. The number of carboxylic acids is 1. The molecule has 0 aromatic carbocycles. The number of carboxylic acid groups (broad SMARTS) is 1.